The quantitative estimate of drug-likeness (QED) is 0.542. The largest absolute Gasteiger partial charge is 0.459 e. The molecule has 1 aromatic heterocycles. The van der Waals surface area contributed by atoms with Gasteiger partial charge in [-0.1, -0.05) is 23.7 Å². The van der Waals surface area contributed by atoms with Gasteiger partial charge in [-0.2, -0.15) is 0 Å². The van der Waals surface area contributed by atoms with Crippen LogP contribution in [0.2, 0.25) is 5.02 Å². The maximum Gasteiger partial charge on any atom is 0.227 e. The number of nitrogens with zero attached hydrogens (tertiary/aromatic N) is 1. The summed E-state index contributed by atoms with van der Waals surface area (Å²) in [4.78, 5) is 14.7. The first-order chi connectivity index (χ1) is 14.8. The average Bonchev–Trinajstić information content (AvgIpc) is 3.34. The Kier molecular flexibility index (Phi) is 6.16. The van der Waals surface area contributed by atoms with E-state index in [1.807, 2.05) is 0 Å². The van der Waals surface area contributed by atoms with Crippen molar-refractivity contribution in [3.05, 3.63) is 82.8 Å². The first-order valence-electron chi connectivity index (χ1n) is 9.88. The van der Waals surface area contributed by atoms with Crippen molar-refractivity contribution in [2.24, 2.45) is 0 Å². The van der Waals surface area contributed by atoms with E-state index in [1.165, 1.54) is 12.1 Å². The summed E-state index contributed by atoms with van der Waals surface area (Å²) in [6.45, 7) is 0.161. The van der Waals surface area contributed by atoms with E-state index >= 15 is 0 Å². The average molecular weight is 462 g/mol. The third-order valence-corrected chi connectivity index (χ3v) is 7.36. The zero-order valence-electron chi connectivity index (χ0n) is 16.6. The van der Waals surface area contributed by atoms with E-state index in [2.05, 4.69) is 0 Å². The fourth-order valence-corrected chi connectivity index (χ4v) is 5.58. The monoisotopic (exact) mass is 461 g/mol. The first-order valence-corrected chi connectivity index (χ1v) is 12.1. The van der Waals surface area contributed by atoms with Crippen LogP contribution in [0.3, 0.4) is 0 Å². The second-order valence-corrected chi connectivity index (χ2v) is 10.3. The summed E-state index contributed by atoms with van der Waals surface area (Å²) in [6.07, 6.45) is 0.541. The minimum absolute atomic E-state index is 0.0507. The van der Waals surface area contributed by atoms with E-state index < -0.39 is 15.9 Å². The smallest absolute Gasteiger partial charge is 0.227 e. The molecule has 0 aliphatic carbocycles. The highest BCUT2D eigenvalue weighted by molar-refractivity contribution is 7.91. The van der Waals surface area contributed by atoms with Crippen LogP contribution in [0.5, 0.6) is 0 Å². The van der Waals surface area contributed by atoms with Crippen molar-refractivity contribution in [2.75, 3.05) is 11.5 Å². The summed E-state index contributed by atoms with van der Waals surface area (Å²) in [5.41, 5.74) is 1.52. The van der Waals surface area contributed by atoms with Crippen LogP contribution in [0, 0.1) is 5.82 Å². The number of benzene rings is 2. The topological polar surface area (TPSA) is 67.6 Å². The molecular formula is C23H21ClFNO4S. The van der Waals surface area contributed by atoms with Gasteiger partial charge in [0.1, 0.15) is 17.3 Å². The predicted octanol–water partition coefficient (Wildman–Crippen LogP) is 4.50. The van der Waals surface area contributed by atoms with E-state index in [9.17, 15) is 17.6 Å². The third kappa shape index (κ3) is 5.35. The fraction of sp³-hybridized carbons (Fsp3) is 0.261. The lowest BCUT2D eigenvalue weighted by atomic mass is 10.1. The van der Waals surface area contributed by atoms with Gasteiger partial charge >= 0.3 is 0 Å². The van der Waals surface area contributed by atoms with Gasteiger partial charge in [-0.25, -0.2) is 12.8 Å². The molecule has 31 heavy (non-hydrogen) atoms. The van der Waals surface area contributed by atoms with Gasteiger partial charge in [0.15, 0.2) is 9.84 Å². The summed E-state index contributed by atoms with van der Waals surface area (Å²) in [5.74, 6) is 0.597. The van der Waals surface area contributed by atoms with Crippen molar-refractivity contribution >= 4 is 27.3 Å². The molecular weight excluding hydrogens is 441 g/mol. The zero-order valence-corrected chi connectivity index (χ0v) is 18.2. The summed E-state index contributed by atoms with van der Waals surface area (Å²) in [7, 11) is -3.16. The molecule has 0 saturated carbocycles. The van der Waals surface area contributed by atoms with Gasteiger partial charge in [0.2, 0.25) is 5.91 Å². The van der Waals surface area contributed by atoms with Gasteiger partial charge in [0.05, 0.1) is 24.5 Å². The number of halogens is 2. The minimum Gasteiger partial charge on any atom is -0.459 e. The van der Waals surface area contributed by atoms with Crippen LogP contribution < -0.4 is 0 Å². The second kappa shape index (κ2) is 8.85. The molecule has 1 saturated heterocycles. The SMILES string of the molecule is O=C(Cc1ccc(Cl)cc1)N(Cc1ccc(-c2ccc(F)cc2)o1)[C@@H]1CCS(=O)(=O)C1. The first kappa shape index (κ1) is 21.6. The Morgan fingerprint density at radius 3 is 2.42 bits per heavy atom. The Hall–Kier alpha value is -2.64. The number of sulfone groups is 1. The summed E-state index contributed by atoms with van der Waals surface area (Å²) >= 11 is 5.92. The molecule has 1 aliphatic heterocycles. The molecule has 4 rings (SSSR count). The lowest BCUT2D eigenvalue weighted by Gasteiger charge is -2.27. The highest BCUT2D eigenvalue weighted by Crippen LogP contribution is 2.26. The maximum atomic E-state index is 13.2. The number of amides is 1. The molecule has 5 nitrogen and oxygen atoms in total. The van der Waals surface area contributed by atoms with Crippen LogP contribution in [-0.2, 0) is 27.6 Å². The molecule has 0 unspecified atom stereocenters. The van der Waals surface area contributed by atoms with Crippen molar-refractivity contribution in [1.82, 2.24) is 4.90 Å². The van der Waals surface area contributed by atoms with Crippen LogP contribution in [-0.4, -0.2) is 36.8 Å². The number of hydrogen-bond donors (Lipinski definition) is 0. The number of rotatable bonds is 6. The Labute approximate surface area is 185 Å². The molecule has 0 spiro atoms. The molecule has 8 heteroatoms. The van der Waals surface area contributed by atoms with E-state index in [0.717, 1.165) is 11.1 Å². The van der Waals surface area contributed by atoms with Crippen molar-refractivity contribution in [3.8, 4) is 11.3 Å². The second-order valence-electron chi connectivity index (χ2n) is 7.65. The van der Waals surface area contributed by atoms with Gasteiger partial charge < -0.3 is 9.32 Å². The van der Waals surface area contributed by atoms with Gasteiger partial charge in [0.25, 0.3) is 0 Å². The van der Waals surface area contributed by atoms with Gasteiger partial charge in [-0.15, -0.1) is 0 Å². The van der Waals surface area contributed by atoms with Crippen molar-refractivity contribution in [2.45, 2.75) is 25.4 Å². The van der Waals surface area contributed by atoms with E-state index in [1.54, 1.807) is 53.4 Å². The van der Waals surface area contributed by atoms with Crippen LogP contribution in [0.1, 0.15) is 17.7 Å². The van der Waals surface area contributed by atoms with Crippen molar-refractivity contribution < 1.29 is 22.0 Å². The van der Waals surface area contributed by atoms with E-state index in [4.69, 9.17) is 16.0 Å². The maximum absolute atomic E-state index is 13.2. The van der Waals surface area contributed by atoms with E-state index in [0.29, 0.717) is 23.0 Å². The Balaban J connectivity index is 1.55. The van der Waals surface area contributed by atoms with Crippen LogP contribution in [0.4, 0.5) is 4.39 Å². The molecule has 3 aromatic rings. The zero-order chi connectivity index (χ0) is 22.0. The molecule has 1 amide bonds. The number of carbonyl (C=O) groups is 1. The molecule has 2 aromatic carbocycles. The normalized spacial score (nSPS) is 17.5. The lowest BCUT2D eigenvalue weighted by molar-refractivity contribution is -0.133. The molecule has 0 N–H and O–H groups in total. The molecule has 2 heterocycles. The number of furan rings is 1. The predicted molar refractivity (Wildman–Crippen MR) is 117 cm³/mol. The molecule has 1 fully saturated rings. The van der Waals surface area contributed by atoms with Gasteiger partial charge in [-0.05, 0) is 60.5 Å². The highest BCUT2D eigenvalue weighted by Gasteiger charge is 2.35. The van der Waals surface area contributed by atoms with Crippen molar-refractivity contribution in [3.63, 3.8) is 0 Å². The molecule has 0 radical (unpaired) electrons. The Morgan fingerprint density at radius 1 is 1.06 bits per heavy atom. The highest BCUT2D eigenvalue weighted by atomic mass is 35.5. The van der Waals surface area contributed by atoms with Crippen molar-refractivity contribution in [1.29, 1.82) is 0 Å². The number of carbonyl (C=O) groups excluding carboxylic acids is 1. The Morgan fingerprint density at radius 2 is 1.77 bits per heavy atom. The standard InChI is InChI=1S/C23H21ClFNO4S/c24-18-5-1-16(2-6-18)13-23(27)26(20-11-12-31(28,29)15-20)14-21-9-10-22(30-21)17-3-7-19(25)8-4-17/h1-10,20H,11-15H2/t20-/m1/s1. The Bertz CT molecular complexity index is 1170. The minimum atomic E-state index is -3.16. The van der Waals surface area contributed by atoms with Crippen LogP contribution >= 0.6 is 11.6 Å². The molecule has 1 aliphatic rings. The number of hydrogen-bond acceptors (Lipinski definition) is 4. The van der Waals surface area contributed by atoms with Crippen LogP contribution in [0.25, 0.3) is 11.3 Å². The van der Waals surface area contributed by atoms with Gasteiger partial charge in [0, 0.05) is 16.6 Å². The fourth-order valence-electron chi connectivity index (χ4n) is 3.72. The molecule has 0 bridgehead atoms. The summed E-state index contributed by atoms with van der Waals surface area (Å²) < 4.78 is 43.1. The summed E-state index contributed by atoms with van der Waals surface area (Å²) in [5, 5.41) is 0.582. The lowest BCUT2D eigenvalue weighted by Crippen LogP contribution is -2.41. The third-order valence-electron chi connectivity index (χ3n) is 5.35. The van der Waals surface area contributed by atoms with Crippen LogP contribution in [0.15, 0.2) is 65.1 Å². The summed E-state index contributed by atoms with van der Waals surface area (Å²) in [6, 6.07) is 16.0. The van der Waals surface area contributed by atoms with E-state index in [-0.39, 0.29) is 36.2 Å². The molecule has 162 valence electrons. The van der Waals surface area contributed by atoms with Gasteiger partial charge in [-0.3, -0.25) is 4.79 Å². The molecule has 1 atom stereocenters.